The second-order valence-corrected chi connectivity index (χ2v) is 8.10. The number of imidazole rings is 1. The van der Waals surface area contributed by atoms with Crippen molar-refractivity contribution in [1.29, 1.82) is 0 Å². The van der Waals surface area contributed by atoms with E-state index in [0.717, 1.165) is 19.8 Å². The maximum absolute atomic E-state index is 11.5. The second kappa shape index (κ2) is 9.01. The molecule has 8 nitrogen and oxygen atoms in total. The van der Waals surface area contributed by atoms with Gasteiger partial charge in [0.2, 0.25) is 6.33 Å². The van der Waals surface area contributed by atoms with Crippen molar-refractivity contribution in [1.82, 2.24) is 8.69 Å². The lowest BCUT2D eigenvalue weighted by Gasteiger charge is -2.11. The Morgan fingerprint density at radius 2 is 1.50 bits per heavy atom. The molecule has 154 valence electrons. The van der Waals surface area contributed by atoms with Crippen LogP contribution in [0.5, 0.6) is 0 Å². The standard InChI is InChI=1S/C8H15N2O.C2HF6NO4S2/c1-3-11-7-6-10-5-4-9(2)8-10;3-1(4,5)14(10,11)9-15(12,13)2(6,7)8/h4-5,8H,3,6-7H2,1-2H3;9H/q+1;. The lowest BCUT2D eigenvalue weighted by molar-refractivity contribution is -0.671. The molecule has 0 aromatic carbocycles. The summed E-state index contributed by atoms with van der Waals surface area (Å²) in [5, 5.41) is 0. The molecule has 0 aliphatic rings. The number of nitrogens with one attached hydrogen (secondary N) is 1. The second-order valence-electron chi connectivity index (χ2n) is 4.50. The van der Waals surface area contributed by atoms with Gasteiger partial charge in [0.25, 0.3) is 0 Å². The Balaban J connectivity index is 0.000000502. The quantitative estimate of drug-likeness (QED) is 0.401. The molecule has 1 N–H and O–H groups in total. The number of sulfonamides is 2. The van der Waals surface area contributed by atoms with Crippen LogP contribution in [0.2, 0.25) is 0 Å². The van der Waals surface area contributed by atoms with Crippen LogP contribution in [-0.2, 0) is 38.4 Å². The first-order valence-electron chi connectivity index (χ1n) is 6.53. The van der Waals surface area contributed by atoms with Crippen molar-refractivity contribution in [3.05, 3.63) is 18.7 Å². The van der Waals surface area contributed by atoms with E-state index in [1.807, 2.05) is 37.3 Å². The number of nitrogens with zero attached hydrogens (tertiary/aromatic N) is 2. The van der Waals surface area contributed by atoms with Crippen LogP contribution in [0, 0.1) is 0 Å². The van der Waals surface area contributed by atoms with E-state index in [2.05, 4.69) is 4.57 Å². The Labute approximate surface area is 145 Å². The van der Waals surface area contributed by atoms with Gasteiger partial charge in [-0.2, -0.15) is 26.3 Å². The zero-order valence-electron chi connectivity index (χ0n) is 13.4. The van der Waals surface area contributed by atoms with Crippen LogP contribution in [0.1, 0.15) is 6.92 Å². The lowest BCUT2D eigenvalue weighted by Crippen LogP contribution is -2.45. The molecule has 0 saturated carbocycles. The Morgan fingerprint density at radius 1 is 1.04 bits per heavy atom. The molecule has 0 atom stereocenters. The minimum Gasteiger partial charge on any atom is -0.378 e. The van der Waals surface area contributed by atoms with Gasteiger partial charge in [0.1, 0.15) is 18.9 Å². The molecule has 0 fully saturated rings. The molecule has 0 bridgehead atoms. The summed E-state index contributed by atoms with van der Waals surface area (Å²) in [4.78, 5) is 0. The molecule has 16 heteroatoms. The highest BCUT2D eigenvalue weighted by molar-refractivity contribution is 8.05. The van der Waals surface area contributed by atoms with Gasteiger partial charge in [-0.3, -0.25) is 0 Å². The summed E-state index contributed by atoms with van der Waals surface area (Å²) in [6.07, 6.45) is 6.10. The highest BCUT2D eigenvalue weighted by Crippen LogP contribution is 2.27. The highest BCUT2D eigenvalue weighted by Gasteiger charge is 2.55. The minimum atomic E-state index is -6.60. The number of alkyl halides is 6. The third-order valence-corrected chi connectivity index (χ3v) is 5.32. The average Bonchev–Trinajstić information content (AvgIpc) is 2.82. The molecule has 0 amide bonds. The summed E-state index contributed by atoms with van der Waals surface area (Å²) >= 11 is 0. The summed E-state index contributed by atoms with van der Waals surface area (Å²) in [5.41, 5.74) is -12.3. The molecule has 1 aromatic heterocycles. The van der Waals surface area contributed by atoms with Gasteiger partial charge in [-0.15, -0.1) is 0 Å². The third kappa shape index (κ3) is 7.88. The molecular formula is C10H16F6N3O5S2+. The molecule has 1 rings (SSSR count). The van der Waals surface area contributed by atoms with Crippen LogP contribution in [0.25, 0.3) is 0 Å². The van der Waals surface area contributed by atoms with E-state index in [1.165, 1.54) is 0 Å². The number of hydrogen-bond acceptors (Lipinski definition) is 5. The van der Waals surface area contributed by atoms with E-state index >= 15 is 0 Å². The van der Waals surface area contributed by atoms with Gasteiger partial charge < -0.3 is 4.74 Å². The van der Waals surface area contributed by atoms with Gasteiger partial charge in [0.05, 0.1) is 13.7 Å². The van der Waals surface area contributed by atoms with Crippen molar-refractivity contribution in [3.63, 3.8) is 0 Å². The van der Waals surface area contributed by atoms with Gasteiger partial charge in [-0.1, -0.05) is 4.13 Å². The normalized spacial score (nSPS) is 13.2. The molecule has 0 unspecified atom stereocenters. The first-order valence-corrected chi connectivity index (χ1v) is 9.50. The van der Waals surface area contributed by atoms with Gasteiger partial charge in [-0.05, 0) is 6.92 Å². The summed E-state index contributed by atoms with van der Waals surface area (Å²) in [6, 6.07) is 0. The fourth-order valence-corrected chi connectivity index (χ4v) is 3.10. The van der Waals surface area contributed by atoms with Crippen molar-refractivity contribution in [3.8, 4) is 0 Å². The number of rotatable bonds is 6. The summed E-state index contributed by atoms with van der Waals surface area (Å²) in [6.45, 7) is 4.54. The number of aromatic nitrogens is 2. The van der Waals surface area contributed by atoms with Gasteiger partial charge >= 0.3 is 31.1 Å². The monoisotopic (exact) mass is 436 g/mol. The molecule has 1 aromatic rings. The van der Waals surface area contributed by atoms with Crippen LogP contribution in [0.4, 0.5) is 26.3 Å². The predicted molar refractivity (Wildman–Crippen MR) is 75.2 cm³/mol. The van der Waals surface area contributed by atoms with Crippen molar-refractivity contribution >= 4 is 20.0 Å². The van der Waals surface area contributed by atoms with Crippen LogP contribution in [0.15, 0.2) is 18.7 Å². The van der Waals surface area contributed by atoms with E-state index in [-0.39, 0.29) is 0 Å². The van der Waals surface area contributed by atoms with Crippen LogP contribution in [-0.4, -0.2) is 45.6 Å². The van der Waals surface area contributed by atoms with Crippen LogP contribution in [0.3, 0.4) is 0 Å². The molecule has 0 aliphatic carbocycles. The highest BCUT2D eigenvalue weighted by atomic mass is 32.3. The van der Waals surface area contributed by atoms with Gasteiger partial charge in [0, 0.05) is 6.61 Å². The fourth-order valence-electron chi connectivity index (χ4n) is 1.19. The molecule has 0 spiro atoms. The first-order chi connectivity index (χ1) is 11.5. The Hall–Kier alpha value is -1.39. The predicted octanol–water partition coefficient (Wildman–Crippen LogP) is 0.624. The SMILES string of the molecule is CCOCCn1cc[n+](C)c1.O=S(=O)(NS(=O)(=O)C(F)(F)F)C(F)(F)F. The molecule has 0 radical (unpaired) electrons. The van der Waals surface area contributed by atoms with Crippen molar-refractivity contribution in [2.24, 2.45) is 7.05 Å². The zero-order valence-corrected chi connectivity index (χ0v) is 15.0. The largest absolute Gasteiger partial charge is 0.512 e. The maximum atomic E-state index is 11.5. The maximum Gasteiger partial charge on any atom is 0.512 e. The first kappa shape index (κ1) is 24.6. The van der Waals surface area contributed by atoms with E-state index in [1.54, 1.807) is 0 Å². The van der Waals surface area contributed by atoms with E-state index in [0.29, 0.717) is 0 Å². The van der Waals surface area contributed by atoms with Crippen molar-refractivity contribution in [2.45, 2.75) is 24.5 Å². The van der Waals surface area contributed by atoms with E-state index in [9.17, 15) is 43.2 Å². The minimum absolute atomic E-state index is 0.493. The molecule has 1 heterocycles. The smallest absolute Gasteiger partial charge is 0.378 e. The molecule has 0 aliphatic heterocycles. The number of aryl methyl sites for hydroxylation is 1. The number of hydrogen-bond donors (Lipinski definition) is 1. The molecular weight excluding hydrogens is 420 g/mol. The molecule has 0 saturated heterocycles. The average molecular weight is 436 g/mol. The fraction of sp³-hybridized carbons (Fsp3) is 0.700. The molecule has 26 heavy (non-hydrogen) atoms. The third-order valence-electron chi connectivity index (χ3n) is 2.35. The van der Waals surface area contributed by atoms with Crippen LogP contribution < -0.4 is 8.69 Å². The van der Waals surface area contributed by atoms with Crippen molar-refractivity contribution < 1.29 is 52.5 Å². The number of halogens is 6. The lowest BCUT2D eigenvalue weighted by atomic mass is 10.6. The Kier molecular flexibility index (Phi) is 8.52. The van der Waals surface area contributed by atoms with E-state index in [4.69, 9.17) is 4.74 Å². The van der Waals surface area contributed by atoms with Gasteiger partial charge in [0.15, 0.2) is 0 Å². The van der Waals surface area contributed by atoms with Gasteiger partial charge in [-0.25, -0.2) is 26.0 Å². The Morgan fingerprint density at radius 3 is 1.81 bits per heavy atom. The summed E-state index contributed by atoms with van der Waals surface area (Å²) in [7, 11) is -11.2. The Bertz CT molecular complexity index is 728. The number of ether oxygens (including phenoxy) is 1. The summed E-state index contributed by atoms with van der Waals surface area (Å²) in [5.74, 6) is 0. The topological polar surface area (TPSA) is 98.3 Å². The van der Waals surface area contributed by atoms with Crippen molar-refractivity contribution in [2.75, 3.05) is 13.2 Å². The zero-order chi connectivity index (χ0) is 20.8. The van der Waals surface area contributed by atoms with E-state index < -0.39 is 35.2 Å². The van der Waals surface area contributed by atoms with Crippen LogP contribution >= 0.6 is 0 Å². The summed E-state index contributed by atoms with van der Waals surface area (Å²) < 4.78 is 118.